The molecule has 2 N–H and O–H groups in total. The molecule has 1 spiro atoms. The summed E-state index contributed by atoms with van der Waals surface area (Å²) in [7, 11) is 1.66. The van der Waals surface area contributed by atoms with Crippen molar-refractivity contribution in [3.8, 4) is 5.75 Å². The molecule has 0 bridgehead atoms. The zero-order chi connectivity index (χ0) is 17.0. The summed E-state index contributed by atoms with van der Waals surface area (Å²) >= 11 is 0. The first-order valence-electron chi connectivity index (χ1n) is 8.84. The van der Waals surface area contributed by atoms with E-state index in [9.17, 15) is 4.79 Å². The smallest absolute Gasteiger partial charge is 0.223 e. The summed E-state index contributed by atoms with van der Waals surface area (Å²) in [5, 5.41) is 6.49. The van der Waals surface area contributed by atoms with Crippen molar-refractivity contribution in [3.63, 3.8) is 0 Å². The van der Waals surface area contributed by atoms with Crippen molar-refractivity contribution in [1.29, 1.82) is 0 Å². The van der Waals surface area contributed by atoms with Gasteiger partial charge >= 0.3 is 0 Å². The van der Waals surface area contributed by atoms with Crippen LogP contribution in [0.1, 0.15) is 30.4 Å². The zero-order valence-corrected chi connectivity index (χ0v) is 15.9. The number of nitrogens with one attached hydrogen (secondary N) is 2. The minimum Gasteiger partial charge on any atom is -0.491 e. The third kappa shape index (κ3) is 4.87. The number of halogens is 1. The Kier molecular flexibility index (Phi) is 7.11. The molecule has 1 aliphatic heterocycles. The highest BCUT2D eigenvalue weighted by Crippen LogP contribution is 2.58. The monoisotopic (exact) mass is 368 g/mol. The maximum absolute atomic E-state index is 12.5. The summed E-state index contributed by atoms with van der Waals surface area (Å²) in [6.45, 7) is 5.71. The van der Waals surface area contributed by atoms with Gasteiger partial charge in [0, 0.05) is 25.1 Å². The second-order valence-electron chi connectivity index (χ2n) is 7.04. The lowest BCUT2D eigenvalue weighted by molar-refractivity contribution is -0.123. The van der Waals surface area contributed by atoms with Crippen LogP contribution in [0.2, 0.25) is 0 Å². The van der Waals surface area contributed by atoms with E-state index in [1.165, 1.54) is 0 Å². The van der Waals surface area contributed by atoms with Crippen molar-refractivity contribution in [2.45, 2.75) is 32.7 Å². The number of hydrogen-bond donors (Lipinski definition) is 2. The minimum absolute atomic E-state index is 0. The van der Waals surface area contributed by atoms with Crippen LogP contribution in [-0.4, -0.2) is 39.3 Å². The molecular weight excluding hydrogens is 340 g/mol. The van der Waals surface area contributed by atoms with Gasteiger partial charge in [-0.05, 0) is 56.3 Å². The molecule has 1 heterocycles. The molecule has 3 rings (SSSR count). The first-order valence-corrected chi connectivity index (χ1v) is 8.84. The average Bonchev–Trinajstić information content (AvgIpc) is 3.28. The van der Waals surface area contributed by atoms with Crippen LogP contribution >= 0.6 is 12.4 Å². The predicted molar refractivity (Wildman–Crippen MR) is 100 cm³/mol. The molecule has 0 aromatic heterocycles. The third-order valence-electron chi connectivity index (χ3n) is 5.33. The minimum atomic E-state index is 0. The molecule has 25 heavy (non-hydrogen) atoms. The fraction of sp³-hybridized carbons (Fsp3) is 0.632. The van der Waals surface area contributed by atoms with E-state index in [0.717, 1.165) is 49.2 Å². The summed E-state index contributed by atoms with van der Waals surface area (Å²) in [4.78, 5) is 12.5. The van der Waals surface area contributed by atoms with E-state index >= 15 is 0 Å². The number of rotatable bonds is 7. The van der Waals surface area contributed by atoms with Gasteiger partial charge in [-0.25, -0.2) is 0 Å². The summed E-state index contributed by atoms with van der Waals surface area (Å²) < 4.78 is 10.8. The Bertz CT molecular complexity index is 588. The number of piperidine rings is 1. The van der Waals surface area contributed by atoms with Crippen LogP contribution in [0.4, 0.5) is 0 Å². The van der Waals surface area contributed by atoms with Crippen molar-refractivity contribution >= 4 is 18.3 Å². The molecule has 2 aliphatic rings. The van der Waals surface area contributed by atoms with Gasteiger partial charge in [0.05, 0.1) is 6.61 Å². The number of hydrogen-bond acceptors (Lipinski definition) is 4. The largest absolute Gasteiger partial charge is 0.491 e. The van der Waals surface area contributed by atoms with Crippen LogP contribution < -0.4 is 15.4 Å². The third-order valence-corrected chi connectivity index (χ3v) is 5.33. The fourth-order valence-corrected chi connectivity index (χ4v) is 3.68. The van der Waals surface area contributed by atoms with E-state index in [1.54, 1.807) is 7.11 Å². The van der Waals surface area contributed by atoms with Gasteiger partial charge < -0.3 is 20.1 Å². The second-order valence-corrected chi connectivity index (χ2v) is 7.04. The molecule has 1 aromatic rings. The van der Waals surface area contributed by atoms with Gasteiger partial charge in [0.1, 0.15) is 12.4 Å². The summed E-state index contributed by atoms with van der Waals surface area (Å²) in [6.07, 6.45) is 3.30. The van der Waals surface area contributed by atoms with Gasteiger partial charge in [-0.3, -0.25) is 4.79 Å². The molecule has 1 saturated heterocycles. The Morgan fingerprint density at radius 2 is 2.08 bits per heavy atom. The van der Waals surface area contributed by atoms with E-state index in [4.69, 9.17) is 9.47 Å². The lowest BCUT2D eigenvalue weighted by atomic mass is 9.92. The summed E-state index contributed by atoms with van der Waals surface area (Å²) in [5.74, 6) is 1.22. The van der Waals surface area contributed by atoms with Crippen molar-refractivity contribution in [1.82, 2.24) is 10.6 Å². The normalized spacial score (nSPS) is 20.6. The Morgan fingerprint density at radius 1 is 1.32 bits per heavy atom. The van der Waals surface area contributed by atoms with Crippen LogP contribution in [0.25, 0.3) is 0 Å². The molecule has 6 heteroatoms. The number of methoxy groups -OCH3 is 1. The number of carbonyl (C=O) groups excluding carboxylic acids is 1. The van der Waals surface area contributed by atoms with Crippen molar-refractivity contribution in [3.05, 3.63) is 29.3 Å². The quantitative estimate of drug-likeness (QED) is 0.726. The lowest BCUT2D eigenvalue weighted by Crippen LogP contribution is -2.33. The van der Waals surface area contributed by atoms with E-state index in [0.29, 0.717) is 19.8 Å². The first kappa shape index (κ1) is 20.0. The Hall–Kier alpha value is -1.30. The number of benzene rings is 1. The van der Waals surface area contributed by atoms with Crippen molar-refractivity contribution in [2.75, 3.05) is 33.4 Å². The van der Waals surface area contributed by atoms with Crippen molar-refractivity contribution < 1.29 is 14.3 Å². The Morgan fingerprint density at radius 3 is 2.80 bits per heavy atom. The average molecular weight is 369 g/mol. The van der Waals surface area contributed by atoms with E-state index < -0.39 is 0 Å². The highest BCUT2D eigenvalue weighted by molar-refractivity contribution is 5.85. The number of carbonyl (C=O) groups is 1. The summed E-state index contributed by atoms with van der Waals surface area (Å²) in [5.41, 5.74) is 2.44. The number of amides is 1. The molecule has 1 amide bonds. The highest BCUT2D eigenvalue weighted by Gasteiger charge is 2.57. The van der Waals surface area contributed by atoms with E-state index in [1.807, 2.05) is 19.1 Å². The molecule has 1 saturated carbocycles. The van der Waals surface area contributed by atoms with Gasteiger partial charge in [0.2, 0.25) is 5.91 Å². The SMILES string of the molecule is COCCOc1cc(C)ccc1CNC(=O)C1CC12CCNCC2.Cl. The molecule has 1 aliphatic carbocycles. The molecule has 140 valence electrons. The van der Waals surface area contributed by atoms with Gasteiger partial charge in [0.25, 0.3) is 0 Å². The molecule has 5 nitrogen and oxygen atoms in total. The van der Waals surface area contributed by atoms with E-state index in [-0.39, 0.29) is 29.6 Å². The second kappa shape index (κ2) is 8.88. The molecule has 1 atom stereocenters. The Balaban J connectivity index is 0.00000225. The standard InChI is InChI=1S/C19H28N2O3.ClH/c1-14-3-4-15(17(11-14)24-10-9-23-2)13-21-18(22)16-12-19(16)5-7-20-8-6-19;/h3-4,11,16,20H,5-10,12-13H2,1-2H3,(H,21,22);1H. The molecule has 1 aromatic carbocycles. The van der Waals surface area contributed by atoms with Crippen molar-refractivity contribution in [2.24, 2.45) is 11.3 Å². The zero-order valence-electron chi connectivity index (χ0n) is 15.1. The van der Waals surface area contributed by atoms with Gasteiger partial charge in [-0.1, -0.05) is 12.1 Å². The predicted octanol–water partition coefficient (Wildman–Crippen LogP) is 2.45. The summed E-state index contributed by atoms with van der Waals surface area (Å²) in [6, 6.07) is 6.10. The van der Waals surface area contributed by atoms with Crippen LogP contribution in [0, 0.1) is 18.3 Å². The number of aryl methyl sites for hydroxylation is 1. The topological polar surface area (TPSA) is 59.6 Å². The molecular formula is C19H29ClN2O3. The van der Waals surface area contributed by atoms with E-state index in [2.05, 4.69) is 16.7 Å². The molecule has 1 unspecified atom stereocenters. The van der Waals surface area contributed by atoms with Gasteiger partial charge in [-0.15, -0.1) is 12.4 Å². The van der Waals surface area contributed by atoms with Crippen LogP contribution in [-0.2, 0) is 16.1 Å². The van der Waals surface area contributed by atoms with Crippen LogP contribution in [0.15, 0.2) is 18.2 Å². The lowest BCUT2D eigenvalue weighted by Gasteiger charge is -2.23. The first-order chi connectivity index (χ1) is 11.6. The molecule has 2 fully saturated rings. The van der Waals surface area contributed by atoms with Crippen LogP contribution in [0.5, 0.6) is 5.75 Å². The maximum Gasteiger partial charge on any atom is 0.223 e. The van der Waals surface area contributed by atoms with Gasteiger partial charge in [0.15, 0.2) is 0 Å². The molecule has 0 radical (unpaired) electrons. The van der Waals surface area contributed by atoms with Gasteiger partial charge in [-0.2, -0.15) is 0 Å². The number of ether oxygens (including phenoxy) is 2. The van der Waals surface area contributed by atoms with Crippen LogP contribution in [0.3, 0.4) is 0 Å². The Labute approximate surface area is 156 Å². The maximum atomic E-state index is 12.5. The highest BCUT2D eigenvalue weighted by atomic mass is 35.5. The fourth-order valence-electron chi connectivity index (χ4n) is 3.68.